The van der Waals surface area contributed by atoms with Crippen LogP contribution in [0.1, 0.15) is 0 Å². The summed E-state index contributed by atoms with van der Waals surface area (Å²) in [6.45, 7) is 0. The molecule has 0 amide bonds. The van der Waals surface area contributed by atoms with Crippen molar-refractivity contribution in [3.05, 3.63) is 158 Å². The Labute approximate surface area is 305 Å². The third kappa shape index (κ3) is 4.59. The molecule has 0 aliphatic carbocycles. The van der Waals surface area contributed by atoms with Crippen molar-refractivity contribution in [3.8, 4) is 44.6 Å². The number of fused-ring (bicyclic) bond motifs is 9. The second-order valence-electron chi connectivity index (χ2n) is 12.9. The molecule has 0 aliphatic heterocycles. The second-order valence-corrected chi connectivity index (χ2v) is 16.1. The fraction of sp³-hybridized carbons (Fsp3) is 0. The van der Waals surface area contributed by atoms with E-state index in [0.717, 1.165) is 21.5 Å². The Kier molecular flexibility index (Phi) is 6.50. The van der Waals surface area contributed by atoms with E-state index in [-0.39, 0.29) is 0 Å². The first kappa shape index (κ1) is 29.1. The van der Waals surface area contributed by atoms with Crippen molar-refractivity contribution in [1.82, 2.24) is 9.97 Å². The summed E-state index contributed by atoms with van der Waals surface area (Å²) >= 11 is 5.52. The van der Waals surface area contributed by atoms with Crippen LogP contribution in [0.2, 0.25) is 0 Å². The van der Waals surface area contributed by atoms with Crippen LogP contribution in [-0.2, 0) is 0 Å². The highest BCUT2D eigenvalue weighted by Gasteiger charge is 2.17. The number of nitrogens with zero attached hydrogens (tertiary/aromatic N) is 2. The minimum atomic E-state index is 0.974. The van der Waals surface area contributed by atoms with Gasteiger partial charge in [-0.15, -0.1) is 34.0 Å². The topological polar surface area (TPSA) is 25.8 Å². The van der Waals surface area contributed by atoms with Crippen molar-refractivity contribution in [2.24, 2.45) is 0 Å². The molecule has 0 saturated heterocycles. The summed E-state index contributed by atoms with van der Waals surface area (Å²) < 4.78 is 7.65. The molecule has 0 fully saturated rings. The monoisotopic (exact) mass is 702 g/mol. The minimum Gasteiger partial charge on any atom is -0.235 e. The lowest BCUT2D eigenvalue weighted by Gasteiger charge is -2.09. The van der Waals surface area contributed by atoms with Gasteiger partial charge in [0.25, 0.3) is 0 Å². The molecule has 2 nitrogen and oxygen atoms in total. The van der Waals surface area contributed by atoms with Gasteiger partial charge in [-0.25, -0.2) is 9.97 Å². The van der Waals surface area contributed by atoms with Gasteiger partial charge in [0.2, 0.25) is 0 Å². The predicted octanol–water partition coefficient (Wildman–Crippen LogP) is 14.2. The fourth-order valence-corrected chi connectivity index (χ4v) is 11.2. The number of rotatable bonds is 4. The average molecular weight is 703 g/mol. The van der Waals surface area contributed by atoms with E-state index < -0.39 is 0 Å². The maximum absolute atomic E-state index is 4.88. The zero-order valence-electron chi connectivity index (χ0n) is 27.1. The molecule has 238 valence electrons. The molecule has 11 aromatic rings. The number of thiophene rings is 3. The van der Waals surface area contributed by atoms with E-state index in [2.05, 4.69) is 152 Å². The molecule has 0 atom stereocenters. The first-order valence-electron chi connectivity index (χ1n) is 17.0. The summed E-state index contributed by atoms with van der Waals surface area (Å²) in [6.07, 6.45) is 1.72. The minimum absolute atomic E-state index is 0.974. The summed E-state index contributed by atoms with van der Waals surface area (Å²) in [5.41, 5.74) is 10.4. The molecule has 0 radical (unpaired) electrons. The molecule has 0 bridgehead atoms. The molecule has 51 heavy (non-hydrogen) atoms. The van der Waals surface area contributed by atoms with Crippen molar-refractivity contribution in [2.45, 2.75) is 0 Å². The Morgan fingerprint density at radius 3 is 1.53 bits per heavy atom. The zero-order chi connectivity index (χ0) is 33.5. The Bertz CT molecular complexity index is 3160. The van der Waals surface area contributed by atoms with Gasteiger partial charge in [0.15, 0.2) is 0 Å². The third-order valence-electron chi connectivity index (χ3n) is 10.0. The van der Waals surface area contributed by atoms with E-state index in [1.807, 2.05) is 22.7 Å². The van der Waals surface area contributed by atoms with Gasteiger partial charge >= 0.3 is 0 Å². The average Bonchev–Trinajstić information content (AvgIpc) is 3.89. The summed E-state index contributed by atoms with van der Waals surface area (Å²) in [7, 11) is 0. The van der Waals surface area contributed by atoms with Crippen molar-refractivity contribution >= 4 is 94.7 Å². The van der Waals surface area contributed by atoms with E-state index in [4.69, 9.17) is 9.97 Å². The Morgan fingerprint density at radius 2 is 0.843 bits per heavy atom. The Hall–Kier alpha value is -5.72. The lowest BCUT2D eigenvalue weighted by atomic mass is 9.96. The smallest absolute Gasteiger partial charge is 0.116 e. The van der Waals surface area contributed by atoms with Crippen molar-refractivity contribution < 1.29 is 0 Å². The molecule has 0 spiro atoms. The van der Waals surface area contributed by atoms with E-state index in [1.54, 1.807) is 17.7 Å². The molecule has 0 N–H and O–H groups in total. The first-order valence-corrected chi connectivity index (χ1v) is 19.4. The maximum Gasteiger partial charge on any atom is 0.116 e. The molecule has 4 aromatic heterocycles. The molecular weight excluding hydrogens is 677 g/mol. The highest BCUT2D eigenvalue weighted by atomic mass is 32.1. The molecule has 7 aromatic carbocycles. The van der Waals surface area contributed by atoms with Crippen LogP contribution in [-0.4, -0.2) is 9.97 Å². The van der Waals surface area contributed by atoms with Crippen LogP contribution in [0.4, 0.5) is 0 Å². The molecule has 5 heteroatoms. The molecule has 0 saturated carbocycles. The van der Waals surface area contributed by atoms with Gasteiger partial charge in [-0.3, -0.25) is 0 Å². The number of aromatic nitrogens is 2. The summed E-state index contributed by atoms with van der Waals surface area (Å²) in [4.78, 5) is 9.73. The van der Waals surface area contributed by atoms with Crippen LogP contribution in [0, 0.1) is 0 Å². The van der Waals surface area contributed by atoms with Gasteiger partial charge in [-0.1, -0.05) is 115 Å². The van der Waals surface area contributed by atoms with Gasteiger partial charge in [0, 0.05) is 56.0 Å². The summed E-state index contributed by atoms with van der Waals surface area (Å²) in [5, 5.41) is 6.46. The van der Waals surface area contributed by atoms with Crippen molar-refractivity contribution in [3.63, 3.8) is 0 Å². The number of benzene rings is 7. The van der Waals surface area contributed by atoms with Gasteiger partial charge in [0.05, 0.1) is 15.9 Å². The Balaban J connectivity index is 1.00. The lowest BCUT2D eigenvalue weighted by Crippen LogP contribution is -1.88. The standard InChI is InChI=1S/C46H26N2S3/c1-3-19-39-34(13-1)36-17-7-15-32(44(36)49-39)29-11-5-9-27(23-29)28-10-6-12-31(24-28)42-46-43(48-26-47-42)38-25-30(21-22-41(38)51-46)33-16-8-18-37-35-14-2-4-20-40(35)50-45(33)37/h1-26H. The van der Waals surface area contributed by atoms with Crippen LogP contribution < -0.4 is 0 Å². The largest absolute Gasteiger partial charge is 0.235 e. The lowest BCUT2D eigenvalue weighted by molar-refractivity contribution is 1.24. The Morgan fingerprint density at radius 1 is 0.333 bits per heavy atom. The van der Waals surface area contributed by atoms with Crippen LogP contribution in [0.3, 0.4) is 0 Å². The van der Waals surface area contributed by atoms with Crippen molar-refractivity contribution in [1.29, 1.82) is 0 Å². The predicted molar refractivity (Wildman–Crippen MR) is 222 cm³/mol. The van der Waals surface area contributed by atoms with Gasteiger partial charge < -0.3 is 0 Å². The van der Waals surface area contributed by atoms with E-state index >= 15 is 0 Å². The highest BCUT2D eigenvalue weighted by Crippen LogP contribution is 2.44. The van der Waals surface area contributed by atoms with E-state index in [0.29, 0.717) is 0 Å². The van der Waals surface area contributed by atoms with Crippen molar-refractivity contribution in [2.75, 3.05) is 0 Å². The second kappa shape index (κ2) is 11.4. The van der Waals surface area contributed by atoms with Crippen LogP contribution in [0.5, 0.6) is 0 Å². The van der Waals surface area contributed by atoms with Gasteiger partial charge in [0.1, 0.15) is 6.33 Å². The number of hydrogen-bond donors (Lipinski definition) is 0. The maximum atomic E-state index is 4.88. The molecule has 0 aliphatic rings. The van der Waals surface area contributed by atoms with E-state index in [9.17, 15) is 0 Å². The summed E-state index contributed by atoms with van der Waals surface area (Å²) in [5.74, 6) is 0. The van der Waals surface area contributed by atoms with Gasteiger partial charge in [-0.2, -0.15) is 0 Å². The SMILES string of the molecule is c1cc(-c2cccc(-c3ncnc4c3sc3ccc(-c5cccc6c5sc5ccccc56)cc34)c2)cc(-c2cccc3c2sc2ccccc23)c1. The molecule has 4 heterocycles. The van der Waals surface area contributed by atoms with E-state index in [1.165, 1.54) is 83.8 Å². The summed E-state index contributed by atoms with van der Waals surface area (Å²) in [6, 6.07) is 55.3. The molecular formula is C46H26N2S3. The molecule has 11 rings (SSSR count). The van der Waals surface area contributed by atoms with Gasteiger partial charge in [-0.05, 0) is 69.8 Å². The quantitative estimate of drug-likeness (QED) is 0.182. The number of hydrogen-bond acceptors (Lipinski definition) is 5. The fourth-order valence-electron chi connectivity index (χ4n) is 7.61. The molecule has 0 unspecified atom stereocenters. The van der Waals surface area contributed by atoms with Crippen LogP contribution in [0.25, 0.3) is 105 Å². The zero-order valence-corrected chi connectivity index (χ0v) is 29.6. The highest BCUT2D eigenvalue weighted by molar-refractivity contribution is 7.27. The van der Waals surface area contributed by atoms with Crippen LogP contribution in [0.15, 0.2) is 158 Å². The first-order chi connectivity index (χ1) is 25.3. The normalized spacial score (nSPS) is 11.9. The third-order valence-corrected chi connectivity index (χ3v) is 13.6. The van der Waals surface area contributed by atoms with Crippen LogP contribution >= 0.6 is 34.0 Å².